The number of methoxy groups -OCH3 is 1. The summed E-state index contributed by atoms with van der Waals surface area (Å²) in [5.74, 6) is -1.81. The van der Waals surface area contributed by atoms with E-state index in [9.17, 15) is 14.7 Å². The first kappa shape index (κ1) is 19.3. The minimum Gasteiger partial charge on any atom is -0.478 e. The van der Waals surface area contributed by atoms with Gasteiger partial charge in [0.05, 0.1) is 7.11 Å². The van der Waals surface area contributed by atoms with Crippen LogP contribution >= 0.6 is 0 Å². The van der Waals surface area contributed by atoms with E-state index >= 15 is 0 Å². The largest absolute Gasteiger partial charge is 0.478 e. The summed E-state index contributed by atoms with van der Waals surface area (Å²) in [6.45, 7) is 0. The molecule has 0 spiro atoms. The molecule has 3 rings (SSSR count). The first-order chi connectivity index (χ1) is 13.6. The smallest absolute Gasteiger partial charge is 0.331 e. The lowest BCUT2D eigenvalue weighted by Crippen LogP contribution is -2.70. The number of esters is 1. The van der Waals surface area contributed by atoms with Crippen LogP contribution in [0.1, 0.15) is 0 Å². The van der Waals surface area contributed by atoms with Gasteiger partial charge in [-0.3, -0.25) is 0 Å². The van der Waals surface area contributed by atoms with E-state index in [1.165, 1.54) is 7.11 Å². The van der Waals surface area contributed by atoms with Gasteiger partial charge in [-0.2, -0.15) is 0 Å². The van der Waals surface area contributed by atoms with Gasteiger partial charge < -0.3 is 9.84 Å². The first-order valence-corrected chi connectivity index (χ1v) is 10.8. The summed E-state index contributed by atoms with van der Waals surface area (Å²) in [5.41, 5.74) is 0. The summed E-state index contributed by atoms with van der Waals surface area (Å²) in [6, 6.07) is 28.8. The third-order valence-corrected chi connectivity index (χ3v) is 9.45. The second-order valence-corrected chi connectivity index (χ2v) is 10.0. The van der Waals surface area contributed by atoms with E-state index in [4.69, 9.17) is 4.74 Å². The Bertz CT molecular complexity index is 886. The fourth-order valence-electron chi connectivity index (χ4n) is 3.58. The maximum atomic E-state index is 12.9. The molecular weight excluding hydrogens is 368 g/mol. The summed E-state index contributed by atoms with van der Waals surface area (Å²) in [7, 11) is -1.92. The SMILES string of the molecule is COC(=O)/C(=C/C(=O)O)[Si](c1ccccc1)(c1ccccc1)c1ccccc1. The van der Waals surface area contributed by atoms with Crippen LogP contribution in [0.3, 0.4) is 0 Å². The number of benzene rings is 3. The summed E-state index contributed by atoms with van der Waals surface area (Å²) < 4.78 is 5.05. The van der Waals surface area contributed by atoms with Gasteiger partial charge in [0.1, 0.15) is 0 Å². The van der Waals surface area contributed by atoms with Crippen LogP contribution in [0.2, 0.25) is 0 Å². The molecule has 0 amide bonds. The number of aliphatic carboxylic acids is 1. The van der Waals surface area contributed by atoms with Crippen LogP contribution in [0.5, 0.6) is 0 Å². The van der Waals surface area contributed by atoms with Crippen molar-refractivity contribution in [2.24, 2.45) is 0 Å². The van der Waals surface area contributed by atoms with Crippen molar-refractivity contribution in [2.75, 3.05) is 7.11 Å². The maximum absolute atomic E-state index is 12.9. The Morgan fingerprint density at radius 1 is 0.750 bits per heavy atom. The van der Waals surface area contributed by atoms with Gasteiger partial charge in [0.25, 0.3) is 0 Å². The highest BCUT2D eigenvalue weighted by atomic mass is 28.3. The molecule has 0 atom stereocenters. The fourth-order valence-corrected chi connectivity index (χ4v) is 8.34. The van der Waals surface area contributed by atoms with Crippen molar-refractivity contribution in [1.29, 1.82) is 0 Å². The molecule has 0 saturated heterocycles. The van der Waals surface area contributed by atoms with Crippen molar-refractivity contribution in [3.63, 3.8) is 0 Å². The van der Waals surface area contributed by atoms with Crippen LogP contribution in [0.4, 0.5) is 0 Å². The molecule has 3 aromatic carbocycles. The Balaban J connectivity index is 2.50. The summed E-state index contributed by atoms with van der Waals surface area (Å²) >= 11 is 0. The molecule has 0 fully saturated rings. The highest BCUT2D eigenvalue weighted by molar-refractivity contribution is 7.18. The van der Waals surface area contributed by atoms with Crippen molar-refractivity contribution in [2.45, 2.75) is 0 Å². The number of hydrogen-bond donors (Lipinski definition) is 1. The molecule has 0 saturated carbocycles. The predicted octanol–water partition coefficient (Wildman–Crippen LogP) is 1.88. The van der Waals surface area contributed by atoms with Crippen LogP contribution in [0.25, 0.3) is 0 Å². The molecule has 5 heteroatoms. The van der Waals surface area contributed by atoms with Crippen LogP contribution in [-0.2, 0) is 14.3 Å². The van der Waals surface area contributed by atoms with Gasteiger partial charge in [-0.1, -0.05) is 91.0 Å². The third kappa shape index (κ3) is 3.52. The number of carbonyl (C=O) groups is 2. The van der Waals surface area contributed by atoms with Crippen LogP contribution < -0.4 is 15.6 Å². The first-order valence-electron chi connectivity index (χ1n) is 8.80. The molecule has 0 bridgehead atoms. The van der Waals surface area contributed by atoms with Crippen molar-refractivity contribution in [1.82, 2.24) is 0 Å². The molecule has 0 aliphatic rings. The van der Waals surface area contributed by atoms with Gasteiger partial charge >= 0.3 is 11.9 Å². The molecular formula is C23H20O4Si. The average Bonchev–Trinajstić information content (AvgIpc) is 2.75. The molecule has 0 aliphatic heterocycles. The van der Waals surface area contributed by atoms with Crippen molar-refractivity contribution in [3.8, 4) is 0 Å². The minimum atomic E-state index is -3.19. The molecule has 1 N–H and O–H groups in total. The van der Waals surface area contributed by atoms with Crippen LogP contribution in [0.15, 0.2) is 102 Å². The summed E-state index contributed by atoms with van der Waals surface area (Å²) in [4.78, 5) is 24.6. The zero-order chi connectivity index (χ0) is 20.0. The van der Waals surface area contributed by atoms with Gasteiger partial charge in [-0.05, 0) is 15.6 Å². The molecule has 0 radical (unpaired) electrons. The van der Waals surface area contributed by atoms with E-state index in [0.29, 0.717) is 0 Å². The highest BCUT2D eigenvalue weighted by Gasteiger charge is 2.46. The molecule has 0 heterocycles. The second-order valence-electron chi connectivity index (χ2n) is 6.24. The molecule has 3 aromatic rings. The van der Waals surface area contributed by atoms with Gasteiger partial charge in [0.15, 0.2) is 8.07 Å². The van der Waals surface area contributed by atoms with E-state index in [2.05, 4.69) is 0 Å². The monoisotopic (exact) mass is 388 g/mol. The Kier molecular flexibility index (Phi) is 5.86. The number of carbonyl (C=O) groups excluding carboxylic acids is 1. The zero-order valence-corrected chi connectivity index (χ0v) is 16.4. The Morgan fingerprint density at radius 2 is 1.11 bits per heavy atom. The zero-order valence-electron chi connectivity index (χ0n) is 15.4. The summed E-state index contributed by atoms with van der Waals surface area (Å²) in [6.07, 6.45) is 1.01. The van der Waals surface area contributed by atoms with Crippen molar-refractivity contribution < 1.29 is 19.4 Å². The third-order valence-electron chi connectivity index (χ3n) is 4.70. The van der Waals surface area contributed by atoms with E-state index in [0.717, 1.165) is 21.6 Å². The quantitative estimate of drug-likeness (QED) is 0.303. The van der Waals surface area contributed by atoms with Gasteiger partial charge in [0.2, 0.25) is 0 Å². The highest BCUT2D eigenvalue weighted by Crippen LogP contribution is 2.19. The molecule has 4 nitrogen and oxygen atoms in total. The normalized spacial score (nSPS) is 11.7. The minimum absolute atomic E-state index is 0.172. The van der Waals surface area contributed by atoms with E-state index in [1.54, 1.807) is 0 Å². The van der Waals surface area contributed by atoms with Crippen molar-refractivity contribution >= 4 is 35.6 Å². The number of ether oxygens (including phenoxy) is 1. The standard InChI is InChI=1S/C23H20O4Si/c1-27-23(26)21(17-22(24)25)28(18-11-5-2-6-12-18,19-13-7-3-8-14-19)20-15-9-4-10-16-20/h2-17H,1H3,(H,24,25)/b21-17-. The number of carboxylic acids is 1. The lowest BCUT2D eigenvalue weighted by molar-refractivity contribution is -0.136. The predicted molar refractivity (Wildman–Crippen MR) is 112 cm³/mol. The molecule has 0 unspecified atom stereocenters. The Labute approximate surface area is 164 Å². The number of carboxylic acid groups (broad SMARTS) is 1. The van der Waals surface area contributed by atoms with E-state index in [1.807, 2.05) is 91.0 Å². The van der Waals surface area contributed by atoms with Crippen LogP contribution in [-0.4, -0.2) is 32.2 Å². The molecule has 0 aliphatic carbocycles. The lowest BCUT2D eigenvalue weighted by Gasteiger charge is -2.34. The van der Waals surface area contributed by atoms with Crippen LogP contribution in [0, 0.1) is 0 Å². The molecule has 140 valence electrons. The number of hydrogen-bond acceptors (Lipinski definition) is 3. The topological polar surface area (TPSA) is 63.6 Å². The average molecular weight is 388 g/mol. The molecule has 0 aromatic heterocycles. The lowest BCUT2D eigenvalue weighted by atomic mass is 10.3. The van der Waals surface area contributed by atoms with Gasteiger partial charge in [0, 0.05) is 11.3 Å². The van der Waals surface area contributed by atoms with Gasteiger partial charge in [-0.15, -0.1) is 0 Å². The fraction of sp³-hybridized carbons (Fsp3) is 0.0435. The summed E-state index contributed by atoms with van der Waals surface area (Å²) in [5, 5.41) is 12.5. The van der Waals surface area contributed by atoms with E-state index < -0.39 is 20.0 Å². The Hall–Kier alpha value is -3.44. The van der Waals surface area contributed by atoms with E-state index in [-0.39, 0.29) is 5.20 Å². The van der Waals surface area contributed by atoms with Gasteiger partial charge in [-0.25, -0.2) is 9.59 Å². The second kappa shape index (κ2) is 8.50. The Morgan fingerprint density at radius 3 is 1.39 bits per heavy atom. The maximum Gasteiger partial charge on any atom is 0.331 e. The molecule has 28 heavy (non-hydrogen) atoms. The number of rotatable bonds is 6. The van der Waals surface area contributed by atoms with Crippen molar-refractivity contribution in [3.05, 3.63) is 102 Å².